The molecule has 17 heavy (non-hydrogen) atoms. The topological polar surface area (TPSA) is 76.0 Å². The minimum absolute atomic E-state index is 0.275. The second kappa shape index (κ2) is 5.27. The van der Waals surface area contributed by atoms with Gasteiger partial charge in [0.2, 0.25) is 0 Å². The Hall–Kier alpha value is -0.740. The standard InChI is InChI=1S/C9H6IN3O2S2/c1-4-6(8(14)15)16-9(13-4)17-7-5(10)2-11-3-12-7/h2-3H,1H3,(H,14,15). The Balaban J connectivity index is 2.28. The summed E-state index contributed by atoms with van der Waals surface area (Å²) >= 11 is 4.64. The Kier molecular flexibility index (Phi) is 3.94. The predicted molar refractivity (Wildman–Crippen MR) is 72.7 cm³/mol. The predicted octanol–water partition coefficient (Wildman–Crippen LogP) is 2.70. The maximum atomic E-state index is 10.9. The van der Waals surface area contributed by atoms with Crippen molar-refractivity contribution in [3.63, 3.8) is 0 Å². The lowest BCUT2D eigenvalue weighted by Gasteiger charge is -1.97. The number of hydrogen-bond donors (Lipinski definition) is 1. The highest BCUT2D eigenvalue weighted by atomic mass is 127. The highest BCUT2D eigenvalue weighted by Crippen LogP contribution is 2.33. The summed E-state index contributed by atoms with van der Waals surface area (Å²) < 4.78 is 1.59. The molecule has 0 aliphatic carbocycles. The van der Waals surface area contributed by atoms with Gasteiger partial charge >= 0.3 is 5.97 Å². The van der Waals surface area contributed by atoms with E-state index >= 15 is 0 Å². The summed E-state index contributed by atoms with van der Waals surface area (Å²) in [6.45, 7) is 1.69. The Morgan fingerprint density at radius 1 is 1.59 bits per heavy atom. The summed E-state index contributed by atoms with van der Waals surface area (Å²) in [6.07, 6.45) is 3.16. The van der Waals surface area contributed by atoms with Crippen LogP contribution in [0.5, 0.6) is 0 Å². The van der Waals surface area contributed by atoms with Crippen LogP contribution in [0, 0.1) is 10.5 Å². The molecule has 2 aromatic rings. The van der Waals surface area contributed by atoms with Crippen LogP contribution in [-0.2, 0) is 0 Å². The molecule has 0 saturated carbocycles. The van der Waals surface area contributed by atoms with Crippen LogP contribution in [0.25, 0.3) is 0 Å². The lowest BCUT2D eigenvalue weighted by molar-refractivity contribution is 0.0701. The maximum Gasteiger partial charge on any atom is 0.347 e. The first-order chi connectivity index (χ1) is 8.08. The molecule has 0 spiro atoms. The summed E-state index contributed by atoms with van der Waals surface area (Å²) in [7, 11) is 0. The quantitative estimate of drug-likeness (QED) is 0.653. The van der Waals surface area contributed by atoms with Crippen molar-refractivity contribution in [2.75, 3.05) is 0 Å². The van der Waals surface area contributed by atoms with E-state index in [-0.39, 0.29) is 4.88 Å². The van der Waals surface area contributed by atoms with Crippen molar-refractivity contribution in [1.29, 1.82) is 0 Å². The van der Waals surface area contributed by atoms with Crippen molar-refractivity contribution in [2.45, 2.75) is 16.3 Å². The van der Waals surface area contributed by atoms with E-state index in [9.17, 15) is 4.79 Å². The molecule has 88 valence electrons. The van der Waals surface area contributed by atoms with Crippen LogP contribution >= 0.6 is 45.7 Å². The third-order valence-electron chi connectivity index (χ3n) is 1.79. The molecule has 2 heterocycles. The van der Waals surface area contributed by atoms with Gasteiger partial charge in [0, 0.05) is 6.20 Å². The highest BCUT2D eigenvalue weighted by Gasteiger charge is 2.15. The minimum atomic E-state index is -0.941. The summed E-state index contributed by atoms with van der Waals surface area (Å²) in [5.41, 5.74) is 0.536. The van der Waals surface area contributed by atoms with Crippen molar-refractivity contribution in [1.82, 2.24) is 15.0 Å². The third kappa shape index (κ3) is 2.93. The molecule has 0 aromatic carbocycles. The summed E-state index contributed by atoms with van der Waals surface area (Å²) in [6, 6.07) is 0. The summed E-state index contributed by atoms with van der Waals surface area (Å²) in [5, 5.41) is 9.72. The molecule has 1 N–H and O–H groups in total. The van der Waals surface area contributed by atoms with Crippen molar-refractivity contribution >= 4 is 51.7 Å². The number of aryl methyl sites for hydroxylation is 1. The molecule has 0 aliphatic rings. The fourth-order valence-electron chi connectivity index (χ4n) is 1.07. The molecule has 0 radical (unpaired) electrons. The lowest BCUT2D eigenvalue weighted by atomic mass is 10.4. The van der Waals surface area contributed by atoms with E-state index in [0.717, 1.165) is 19.9 Å². The SMILES string of the molecule is Cc1nc(Sc2ncncc2I)sc1C(=O)O. The van der Waals surface area contributed by atoms with Crippen LogP contribution in [0.15, 0.2) is 21.9 Å². The number of carboxylic acid groups (broad SMARTS) is 1. The van der Waals surface area contributed by atoms with Crippen molar-refractivity contribution in [3.05, 3.63) is 26.7 Å². The second-order valence-electron chi connectivity index (χ2n) is 2.98. The number of nitrogens with zero attached hydrogens (tertiary/aromatic N) is 3. The number of aromatic nitrogens is 3. The Bertz CT molecular complexity index is 573. The van der Waals surface area contributed by atoms with Gasteiger partial charge in [-0.3, -0.25) is 0 Å². The van der Waals surface area contributed by atoms with Crippen molar-refractivity contribution < 1.29 is 9.90 Å². The lowest BCUT2D eigenvalue weighted by Crippen LogP contribution is -1.94. The largest absolute Gasteiger partial charge is 0.477 e. The molecule has 2 aromatic heterocycles. The zero-order chi connectivity index (χ0) is 12.4. The Morgan fingerprint density at radius 3 is 2.94 bits per heavy atom. The molecule has 0 unspecified atom stereocenters. The minimum Gasteiger partial charge on any atom is -0.477 e. The van der Waals surface area contributed by atoms with Gasteiger partial charge in [-0.2, -0.15) is 0 Å². The van der Waals surface area contributed by atoms with Gasteiger partial charge in [-0.1, -0.05) is 11.3 Å². The molecule has 5 nitrogen and oxygen atoms in total. The number of thiazole rings is 1. The fraction of sp³-hybridized carbons (Fsp3) is 0.111. The van der Waals surface area contributed by atoms with Crippen LogP contribution in [0.2, 0.25) is 0 Å². The van der Waals surface area contributed by atoms with Crippen LogP contribution in [0.1, 0.15) is 15.4 Å². The first-order valence-electron chi connectivity index (χ1n) is 4.42. The summed E-state index contributed by atoms with van der Waals surface area (Å²) in [4.78, 5) is 23.4. The smallest absolute Gasteiger partial charge is 0.347 e. The summed E-state index contributed by atoms with van der Waals surface area (Å²) in [5.74, 6) is -0.941. The number of hydrogen-bond acceptors (Lipinski definition) is 6. The van der Waals surface area contributed by atoms with Crippen LogP contribution < -0.4 is 0 Å². The fourth-order valence-corrected chi connectivity index (χ4v) is 3.59. The van der Waals surface area contributed by atoms with E-state index in [2.05, 4.69) is 37.5 Å². The second-order valence-corrected chi connectivity index (χ2v) is 6.37. The van der Waals surface area contributed by atoms with E-state index in [4.69, 9.17) is 5.11 Å². The van der Waals surface area contributed by atoms with Crippen LogP contribution in [-0.4, -0.2) is 26.0 Å². The molecule has 0 fully saturated rings. The van der Waals surface area contributed by atoms with Crippen molar-refractivity contribution in [3.8, 4) is 0 Å². The number of aromatic carboxylic acids is 1. The van der Waals surface area contributed by atoms with Gasteiger partial charge < -0.3 is 5.11 Å². The monoisotopic (exact) mass is 379 g/mol. The molecule has 8 heteroatoms. The van der Waals surface area contributed by atoms with Gasteiger partial charge in [-0.05, 0) is 41.3 Å². The van der Waals surface area contributed by atoms with E-state index in [1.807, 2.05) is 0 Å². The van der Waals surface area contributed by atoms with E-state index in [1.165, 1.54) is 18.1 Å². The first-order valence-corrected chi connectivity index (χ1v) is 7.13. The normalized spacial score (nSPS) is 10.5. The van der Waals surface area contributed by atoms with E-state index in [1.54, 1.807) is 13.1 Å². The third-order valence-corrected chi connectivity index (χ3v) is 5.17. The number of carbonyl (C=O) groups is 1. The molecule has 0 saturated heterocycles. The van der Waals surface area contributed by atoms with Gasteiger partial charge in [0.15, 0.2) is 4.34 Å². The number of halogens is 1. The van der Waals surface area contributed by atoms with Gasteiger partial charge in [0.1, 0.15) is 16.2 Å². The molecule has 0 amide bonds. The zero-order valence-electron chi connectivity index (χ0n) is 8.55. The van der Waals surface area contributed by atoms with E-state index in [0.29, 0.717) is 10.0 Å². The molecule has 2 rings (SSSR count). The van der Waals surface area contributed by atoms with Crippen LogP contribution in [0.4, 0.5) is 0 Å². The molecular weight excluding hydrogens is 373 g/mol. The van der Waals surface area contributed by atoms with Gasteiger partial charge in [0.25, 0.3) is 0 Å². The molecule has 0 bridgehead atoms. The number of carboxylic acids is 1. The van der Waals surface area contributed by atoms with Gasteiger partial charge in [-0.25, -0.2) is 19.7 Å². The van der Waals surface area contributed by atoms with Crippen LogP contribution in [0.3, 0.4) is 0 Å². The Morgan fingerprint density at radius 2 is 2.35 bits per heavy atom. The maximum absolute atomic E-state index is 10.9. The van der Waals surface area contributed by atoms with E-state index < -0.39 is 5.97 Å². The molecular formula is C9H6IN3O2S2. The van der Waals surface area contributed by atoms with Crippen molar-refractivity contribution in [2.24, 2.45) is 0 Å². The molecule has 0 aliphatic heterocycles. The highest BCUT2D eigenvalue weighted by molar-refractivity contribution is 14.1. The Labute approximate surface area is 119 Å². The average molecular weight is 379 g/mol. The number of rotatable bonds is 3. The first kappa shape index (κ1) is 12.7. The van der Waals surface area contributed by atoms with Gasteiger partial charge in [-0.15, -0.1) is 0 Å². The van der Waals surface area contributed by atoms with Gasteiger partial charge in [0.05, 0.1) is 9.26 Å². The average Bonchev–Trinajstić information content (AvgIpc) is 2.63. The molecule has 0 atom stereocenters. The zero-order valence-corrected chi connectivity index (χ0v) is 12.3.